The first-order valence-corrected chi connectivity index (χ1v) is 8.81. The van der Waals surface area contributed by atoms with Crippen molar-refractivity contribution in [1.29, 1.82) is 0 Å². The van der Waals surface area contributed by atoms with Crippen LogP contribution < -0.4 is 4.74 Å². The van der Waals surface area contributed by atoms with Crippen molar-refractivity contribution in [3.63, 3.8) is 0 Å². The Morgan fingerprint density at radius 1 is 1.29 bits per heavy atom. The number of ether oxygens (including phenoxy) is 2. The first-order valence-electron chi connectivity index (χ1n) is 6.32. The van der Waals surface area contributed by atoms with Gasteiger partial charge >= 0.3 is 5.97 Å². The Balaban J connectivity index is 2.19. The number of carbonyl (C=O) groups is 1. The predicted molar refractivity (Wildman–Crippen MR) is 80.0 cm³/mol. The molecule has 1 aromatic rings. The molecule has 0 unspecified atom stereocenters. The lowest BCUT2D eigenvalue weighted by atomic mass is 10.3. The highest BCUT2D eigenvalue weighted by atomic mass is 32.2. The second-order valence-electron chi connectivity index (χ2n) is 4.42. The van der Waals surface area contributed by atoms with Crippen LogP contribution in [0.4, 0.5) is 0 Å². The van der Waals surface area contributed by atoms with Crippen LogP contribution in [-0.4, -0.2) is 57.0 Å². The Kier molecular flexibility index (Phi) is 5.13. The minimum atomic E-state index is -3.61. The fourth-order valence-electron chi connectivity index (χ4n) is 2.01. The molecule has 1 saturated heterocycles. The normalized spacial score (nSPS) is 20.0. The smallest absolute Gasteiger partial charge is 0.320 e. The minimum Gasteiger partial charge on any atom is -0.497 e. The van der Waals surface area contributed by atoms with E-state index in [-0.39, 0.29) is 11.4 Å². The SMILES string of the molecule is COC(=O)[C@H]1CN(S(=O)(=O)c2ccc(OC)cc2)CCS1. The molecule has 0 aliphatic carbocycles. The Labute approximate surface area is 128 Å². The lowest BCUT2D eigenvalue weighted by Crippen LogP contribution is -2.44. The summed E-state index contributed by atoms with van der Waals surface area (Å²) in [6.07, 6.45) is 0. The average Bonchev–Trinajstić information content (AvgIpc) is 2.54. The first-order chi connectivity index (χ1) is 9.98. The highest BCUT2D eigenvalue weighted by Crippen LogP contribution is 2.26. The van der Waals surface area contributed by atoms with Gasteiger partial charge in [0.15, 0.2) is 0 Å². The van der Waals surface area contributed by atoms with Crippen molar-refractivity contribution < 1.29 is 22.7 Å². The van der Waals surface area contributed by atoms with Crippen LogP contribution in [-0.2, 0) is 19.6 Å². The summed E-state index contributed by atoms with van der Waals surface area (Å²) in [6.45, 7) is 0.512. The number of hydrogen-bond acceptors (Lipinski definition) is 6. The molecular weight excluding hydrogens is 314 g/mol. The maximum absolute atomic E-state index is 12.6. The second kappa shape index (κ2) is 6.67. The Morgan fingerprint density at radius 3 is 2.52 bits per heavy atom. The van der Waals surface area contributed by atoms with Crippen molar-refractivity contribution >= 4 is 27.8 Å². The third kappa shape index (κ3) is 3.50. The summed E-state index contributed by atoms with van der Waals surface area (Å²) < 4.78 is 36.2. The summed E-state index contributed by atoms with van der Waals surface area (Å²) in [5.74, 6) is 0.764. The van der Waals surface area contributed by atoms with Gasteiger partial charge in [0.05, 0.1) is 19.1 Å². The van der Waals surface area contributed by atoms with Crippen molar-refractivity contribution in [2.24, 2.45) is 0 Å². The van der Waals surface area contributed by atoms with Crippen LogP contribution in [0.2, 0.25) is 0 Å². The molecule has 1 aliphatic heterocycles. The molecule has 0 radical (unpaired) electrons. The number of esters is 1. The molecule has 8 heteroatoms. The van der Waals surface area contributed by atoms with Gasteiger partial charge in [-0.2, -0.15) is 4.31 Å². The molecule has 1 aromatic carbocycles. The van der Waals surface area contributed by atoms with Gasteiger partial charge in [0.1, 0.15) is 11.0 Å². The molecule has 0 aromatic heterocycles. The van der Waals surface area contributed by atoms with E-state index in [2.05, 4.69) is 4.74 Å². The van der Waals surface area contributed by atoms with Crippen molar-refractivity contribution in [2.45, 2.75) is 10.1 Å². The predicted octanol–water partition coefficient (Wildman–Crippen LogP) is 0.974. The third-order valence-corrected chi connectivity index (χ3v) is 6.23. The molecule has 1 fully saturated rings. The van der Waals surface area contributed by atoms with E-state index in [1.807, 2.05) is 0 Å². The number of sulfonamides is 1. The number of hydrogen-bond donors (Lipinski definition) is 0. The summed E-state index contributed by atoms with van der Waals surface area (Å²) in [7, 11) is -0.779. The molecule has 6 nitrogen and oxygen atoms in total. The van der Waals surface area contributed by atoms with Crippen LogP contribution >= 0.6 is 11.8 Å². The maximum atomic E-state index is 12.6. The summed E-state index contributed by atoms with van der Waals surface area (Å²) >= 11 is 1.42. The van der Waals surface area contributed by atoms with Crippen LogP contribution in [0.15, 0.2) is 29.2 Å². The molecule has 1 atom stereocenters. The summed E-state index contributed by atoms with van der Waals surface area (Å²) in [5.41, 5.74) is 0. The van der Waals surface area contributed by atoms with E-state index in [4.69, 9.17) is 4.74 Å². The van der Waals surface area contributed by atoms with Crippen molar-refractivity contribution in [3.8, 4) is 5.75 Å². The molecule has 2 rings (SSSR count). The fraction of sp³-hybridized carbons (Fsp3) is 0.462. The minimum absolute atomic E-state index is 0.131. The molecular formula is C13H17NO5S2. The lowest BCUT2D eigenvalue weighted by Gasteiger charge is -2.30. The van der Waals surface area contributed by atoms with E-state index >= 15 is 0 Å². The number of carbonyl (C=O) groups excluding carboxylic acids is 1. The number of thioether (sulfide) groups is 1. The summed E-state index contributed by atoms with van der Waals surface area (Å²) in [4.78, 5) is 11.8. The summed E-state index contributed by atoms with van der Waals surface area (Å²) in [5, 5.41) is -0.475. The van der Waals surface area contributed by atoms with Gasteiger partial charge in [0.2, 0.25) is 10.0 Å². The van der Waals surface area contributed by atoms with Crippen LogP contribution in [0.3, 0.4) is 0 Å². The number of benzene rings is 1. The zero-order chi connectivity index (χ0) is 15.5. The highest BCUT2D eigenvalue weighted by molar-refractivity contribution is 8.00. The summed E-state index contributed by atoms with van der Waals surface area (Å²) in [6, 6.07) is 6.21. The highest BCUT2D eigenvalue weighted by Gasteiger charge is 2.34. The van der Waals surface area contributed by atoms with Crippen molar-refractivity contribution in [1.82, 2.24) is 4.31 Å². The van der Waals surface area contributed by atoms with E-state index in [0.29, 0.717) is 18.0 Å². The van der Waals surface area contributed by atoms with E-state index in [9.17, 15) is 13.2 Å². The Morgan fingerprint density at radius 2 is 1.95 bits per heavy atom. The number of methoxy groups -OCH3 is 2. The van der Waals surface area contributed by atoms with Crippen LogP contribution in [0, 0.1) is 0 Å². The lowest BCUT2D eigenvalue weighted by molar-refractivity contribution is -0.140. The van der Waals surface area contributed by atoms with E-state index in [1.165, 1.54) is 42.4 Å². The Hall–Kier alpha value is -1.25. The van der Waals surface area contributed by atoms with Crippen LogP contribution in [0.5, 0.6) is 5.75 Å². The number of nitrogens with zero attached hydrogens (tertiary/aromatic N) is 1. The number of rotatable bonds is 4. The first kappa shape index (κ1) is 16.1. The molecule has 21 heavy (non-hydrogen) atoms. The van der Waals surface area contributed by atoms with Gasteiger partial charge in [-0.05, 0) is 24.3 Å². The molecule has 1 heterocycles. The molecule has 0 bridgehead atoms. The standard InChI is InChI=1S/C13H17NO5S2/c1-18-10-3-5-11(6-4-10)21(16,17)14-7-8-20-12(9-14)13(15)19-2/h3-6,12H,7-9H2,1-2H3/t12-/m1/s1. The van der Waals surface area contributed by atoms with Crippen molar-refractivity contribution in [2.75, 3.05) is 33.1 Å². The van der Waals surface area contributed by atoms with Gasteiger partial charge in [-0.15, -0.1) is 11.8 Å². The van der Waals surface area contributed by atoms with E-state index in [0.717, 1.165) is 0 Å². The second-order valence-corrected chi connectivity index (χ2v) is 7.67. The van der Waals surface area contributed by atoms with Gasteiger partial charge in [0, 0.05) is 18.8 Å². The average molecular weight is 331 g/mol. The van der Waals surface area contributed by atoms with E-state index < -0.39 is 21.2 Å². The quantitative estimate of drug-likeness (QED) is 0.766. The van der Waals surface area contributed by atoms with Gasteiger partial charge in [-0.3, -0.25) is 4.79 Å². The van der Waals surface area contributed by atoms with Gasteiger partial charge in [0.25, 0.3) is 0 Å². The third-order valence-electron chi connectivity index (χ3n) is 3.19. The maximum Gasteiger partial charge on any atom is 0.320 e. The van der Waals surface area contributed by atoms with E-state index in [1.54, 1.807) is 12.1 Å². The fourth-order valence-corrected chi connectivity index (χ4v) is 4.81. The topological polar surface area (TPSA) is 72.9 Å². The van der Waals surface area contributed by atoms with Gasteiger partial charge in [-0.25, -0.2) is 8.42 Å². The molecule has 0 spiro atoms. The largest absolute Gasteiger partial charge is 0.497 e. The molecule has 116 valence electrons. The zero-order valence-corrected chi connectivity index (χ0v) is 13.4. The van der Waals surface area contributed by atoms with Crippen LogP contribution in [0.1, 0.15) is 0 Å². The zero-order valence-electron chi connectivity index (χ0n) is 11.8. The molecule has 1 aliphatic rings. The van der Waals surface area contributed by atoms with Crippen LogP contribution in [0.25, 0.3) is 0 Å². The van der Waals surface area contributed by atoms with Gasteiger partial charge < -0.3 is 9.47 Å². The molecule has 0 N–H and O–H groups in total. The molecule has 0 amide bonds. The Bertz CT molecular complexity index is 599. The molecule has 0 saturated carbocycles. The monoisotopic (exact) mass is 331 g/mol. The van der Waals surface area contributed by atoms with Crippen molar-refractivity contribution in [3.05, 3.63) is 24.3 Å². The van der Waals surface area contributed by atoms with Gasteiger partial charge in [-0.1, -0.05) is 0 Å².